The maximum absolute atomic E-state index is 12.3. The summed E-state index contributed by atoms with van der Waals surface area (Å²) in [5.74, 6) is 1.77. The fraction of sp³-hybridized carbons (Fsp3) is 0.474. The van der Waals surface area contributed by atoms with Gasteiger partial charge in [0, 0.05) is 44.9 Å². The van der Waals surface area contributed by atoms with Gasteiger partial charge in [0.25, 0.3) is 5.91 Å². The molecule has 0 saturated carbocycles. The zero-order valence-corrected chi connectivity index (χ0v) is 14.6. The molecule has 1 fully saturated rings. The lowest BCUT2D eigenvalue weighted by Gasteiger charge is -2.41. The topological polar surface area (TPSA) is 59.4 Å². The first-order valence-corrected chi connectivity index (χ1v) is 8.98. The summed E-state index contributed by atoms with van der Waals surface area (Å²) in [6.45, 7) is 6.38. The van der Waals surface area contributed by atoms with Crippen LogP contribution in [0.25, 0.3) is 0 Å². The molecule has 0 aliphatic carbocycles. The molecule has 0 atom stereocenters. The maximum atomic E-state index is 12.3. The van der Waals surface area contributed by atoms with E-state index in [2.05, 4.69) is 26.7 Å². The second-order valence-corrected chi connectivity index (χ2v) is 6.87. The van der Waals surface area contributed by atoms with Crippen molar-refractivity contribution in [1.82, 2.24) is 19.8 Å². The minimum Gasteiger partial charge on any atom is -0.485 e. The minimum atomic E-state index is -0.307. The number of aryl methyl sites for hydroxylation is 1. The molecule has 0 bridgehead atoms. The minimum absolute atomic E-state index is 0.0418. The molecule has 1 amide bonds. The maximum Gasteiger partial charge on any atom is 0.255 e. The van der Waals surface area contributed by atoms with Gasteiger partial charge in [0.15, 0.2) is 0 Å². The number of imidazole rings is 1. The van der Waals surface area contributed by atoms with E-state index in [1.165, 1.54) is 0 Å². The first kappa shape index (κ1) is 16.1. The molecule has 25 heavy (non-hydrogen) atoms. The number of rotatable bonds is 3. The van der Waals surface area contributed by atoms with Gasteiger partial charge in [0.2, 0.25) is 0 Å². The number of ether oxygens (including phenoxy) is 1. The van der Waals surface area contributed by atoms with Crippen molar-refractivity contribution >= 4 is 5.91 Å². The van der Waals surface area contributed by atoms with Crippen LogP contribution in [0.3, 0.4) is 0 Å². The van der Waals surface area contributed by atoms with Crippen molar-refractivity contribution in [2.75, 3.05) is 19.6 Å². The van der Waals surface area contributed by atoms with Gasteiger partial charge >= 0.3 is 0 Å². The van der Waals surface area contributed by atoms with E-state index < -0.39 is 0 Å². The van der Waals surface area contributed by atoms with Crippen LogP contribution in [0.4, 0.5) is 0 Å². The third-order valence-corrected chi connectivity index (χ3v) is 5.30. The zero-order chi connectivity index (χ0) is 17.3. The Bertz CT molecular complexity index is 762. The fourth-order valence-electron chi connectivity index (χ4n) is 3.73. The molecule has 1 aromatic carbocycles. The summed E-state index contributed by atoms with van der Waals surface area (Å²) >= 11 is 0. The van der Waals surface area contributed by atoms with Crippen molar-refractivity contribution in [2.24, 2.45) is 0 Å². The molecule has 1 N–H and O–H groups in total. The lowest BCUT2D eigenvalue weighted by Crippen LogP contribution is -2.53. The molecule has 2 aromatic rings. The number of likely N-dealkylation sites (tertiary alicyclic amines) is 1. The van der Waals surface area contributed by atoms with Crippen LogP contribution in [0.1, 0.15) is 35.9 Å². The van der Waals surface area contributed by atoms with E-state index in [1.54, 1.807) is 0 Å². The molecule has 2 aliphatic heterocycles. The van der Waals surface area contributed by atoms with Crippen LogP contribution in [0.15, 0.2) is 36.7 Å². The number of para-hydroxylation sites is 1. The van der Waals surface area contributed by atoms with Crippen LogP contribution in [-0.2, 0) is 13.1 Å². The highest BCUT2D eigenvalue weighted by Crippen LogP contribution is 2.33. The molecular weight excluding hydrogens is 316 g/mol. The number of nitrogens with zero attached hydrogens (tertiary/aromatic N) is 3. The highest BCUT2D eigenvalue weighted by molar-refractivity contribution is 5.97. The van der Waals surface area contributed by atoms with Crippen LogP contribution in [0.2, 0.25) is 0 Å². The van der Waals surface area contributed by atoms with E-state index in [0.29, 0.717) is 17.9 Å². The summed E-state index contributed by atoms with van der Waals surface area (Å²) in [6.07, 6.45) is 5.69. The number of hydrogen-bond donors (Lipinski definition) is 1. The predicted octanol–water partition coefficient (Wildman–Crippen LogP) is 2.06. The van der Waals surface area contributed by atoms with E-state index in [-0.39, 0.29) is 11.5 Å². The van der Waals surface area contributed by atoms with Crippen LogP contribution in [-0.4, -0.2) is 45.6 Å². The van der Waals surface area contributed by atoms with Gasteiger partial charge in [-0.3, -0.25) is 9.69 Å². The molecule has 1 spiro atoms. The number of carbonyl (C=O) groups excluding carboxylic acids is 1. The monoisotopic (exact) mass is 340 g/mol. The Morgan fingerprint density at radius 1 is 1.28 bits per heavy atom. The molecule has 1 saturated heterocycles. The lowest BCUT2D eigenvalue weighted by atomic mass is 9.91. The molecule has 132 valence electrons. The summed E-state index contributed by atoms with van der Waals surface area (Å²) in [5.41, 5.74) is 0.325. The number of hydrogen-bond acceptors (Lipinski definition) is 4. The zero-order valence-electron chi connectivity index (χ0n) is 14.6. The van der Waals surface area contributed by atoms with Crippen molar-refractivity contribution in [2.45, 2.75) is 38.5 Å². The van der Waals surface area contributed by atoms with Gasteiger partial charge in [-0.15, -0.1) is 0 Å². The Hall–Kier alpha value is -2.34. The Morgan fingerprint density at radius 3 is 2.88 bits per heavy atom. The normalized spacial score (nSPS) is 19.8. The fourth-order valence-corrected chi connectivity index (χ4v) is 3.73. The Kier molecular flexibility index (Phi) is 4.21. The van der Waals surface area contributed by atoms with Gasteiger partial charge < -0.3 is 14.6 Å². The smallest absolute Gasteiger partial charge is 0.255 e. The average molecular weight is 340 g/mol. The number of benzene rings is 1. The molecule has 6 heteroatoms. The van der Waals surface area contributed by atoms with E-state index in [0.717, 1.165) is 44.8 Å². The predicted molar refractivity (Wildman–Crippen MR) is 94.5 cm³/mol. The molecule has 6 nitrogen and oxygen atoms in total. The highest BCUT2D eigenvalue weighted by Gasteiger charge is 2.40. The molecule has 2 aliphatic rings. The van der Waals surface area contributed by atoms with Crippen molar-refractivity contribution in [3.8, 4) is 5.75 Å². The molecule has 3 heterocycles. The van der Waals surface area contributed by atoms with Crippen molar-refractivity contribution in [1.29, 1.82) is 0 Å². The number of piperidine rings is 1. The number of carbonyl (C=O) groups is 1. The second-order valence-electron chi connectivity index (χ2n) is 6.87. The van der Waals surface area contributed by atoms with E-state index >= 15 is 0 Å². The number of aromatic nitrogens is 2. The van der Waals surface area contributed by atoms with Gasteiger partial charge in [-0.1, -0.05) is 12.1 Å². The third kappa shape index (κ3) is 3.14. The Balaban J connectivity index is 1.45. The van der Waals surface area contributed by atoms with Crippen LogP contribution in [0.5, 0.6) is 5.75 Å². The van der Waals surface area contributed by atoms with E-state index in [1.807, 2.05) is 36.7 Å². The summed E-state index contributed by atoms with van der Waals surface area (Å²) in [7, 11) is 0. The quantitative estimate of drug-likeness (QED) is 0.929. The highest BCUT2D eigenvalue weighted by atomic mass is 16.5. The van der Waals surface area contributed by atoms with Crippen molar-refractivity contribution < 1.29 is 9.53 Å². The van der Waals surface area contributed by atoms with Gasteiger partial charge in [0.05, 0.1) is 18.7 Å². The van der Waals surface area contributed by atoms with Crippen LogP contribution < -0.4 is 10.1 Å². The van der Waals surface area contributed by atoms with E-state index in [4.69, 9.17) is 4.74 Å². The Morgan fingerprint density at radius 2 is 2.08 bits per heavy atom. The molecular formula is C19H24N4O2. The summed E-state index contributed by atoms with van der Waals surface area (Å²) < 4.78 is 8.54. The number of amides is 1. The molecule has 0 unspecified atom stereocenters. The van der Waals surface area contributed by atoms with Gasteiger partial charge in [0.1, 0.15) is 17.2 Å². The van der Waals surface area contributed by atoms with Gasteiger partial charge in [-0.25, -0.2) is 4.98 Å². The SMILES string of the molecule is CCn1ccnc1CN1CCC2(CC1)CNC(=O)c1ccccc1O2. The summed E-state index contributed by atoms with van der Waals surface area (Å²) in [6, 6.07) is 7.51. The van der Waals surface area contributed by atoms with E-state index in [9.17, 15) is 4.79 Å². The average Bonchev–Trinajstić information content (AvgIpc) is 3.04. The van der Waals surface area contributed by atoms with Crippen LogP contribution in [0, 0.1) is 0 Å². The molecule has 0 radical (unpaired) electrons. The Labute approximate surface area is 147 Å². The van der Waals surface area contributed by atoms with Gasteiger partial charge in [-0.05, 0) is 19.1 Å². The van der Waals surface area contributed by atoms with Crippen LogP contribution >= 0.6 is 0 Å². The first-order chi connectivity index (χ1) is 12.2. The van der Waals surface area contributed by atoms with Crippen molar-refractivity contribution in [3.63, 3.8) is 0 Å². The largest absolute Gasteiger partial charge is 0.485 e. The summed E-state index contributed by atoms with van der Waals surface area (Å²) in [4.78, 5) is 19.2. The van der Waals surface area contributed by atoms with Crippen molar-refractivity contribution in [3.05, 3.63) is 48.0 Å². The molecule has 1 aromatic heterocycles. The summed E-state index contributed by atoms with van der Waals surface area (Å²) in [5, 5.41) is 3.04. The third-order valence-electron chi connectivity index (χ3n) is 5.30. The lowest BCUT2D eigenvalue weighted by molar-refractivity contribution is 0.00310. The first-order valence-electron chi connectivity index (χ1n) is 8.98. The van der Waals surface area contributed by atoms with Gasteiger partial charge in [-0.2, -0.15) is 0 Å². The number of fused-ring (bicyclic) bond motifs is 1. The molecule has 4 rings (SSSR count). The number of nitrogens with one attached hydrogen (secondary N) is 1. The second kappa shape index (κ2) is 6.52. The standard InChI is InChI=1S/C19H24N4O2/c1-2-23-12-9-20-17(23)13-22-10-7-19(8-11-22)14-21-18(24)15-5-3-4-6-16(15)25-19/h3-6,9,12H,2,7-8,10-11,13-14H2,1H3,(H,21,24).